The average molecular weight is 389 g/mol. The van der Waals surface area contributed by atoms with Crippen molar-refractivity contribution in [1.82, 2.24) is 14.8 Å². The zero-order chi connectivity index (χ0) is 19.8. The number of hydrogen-bond donors (Lipinski definition) is 2. The van der Waals surface area contributed by atoms with Crippen LogP contribution >= 0.6 is 0 Å². The molecule has 5 heteroatoms. The topological polar surface area (TPSA) is 59.6 Å². The van der Waals surface area contributed by atoms with Crippen LogP contribution in [0.3, 0.4) is 0 Å². The standard InChI is InChI=1S/C24H27N3O2/c28-16-22-23-19(18-10-4-5-11-20(18)25-23)14-21(24(29)26-12-6-7-13-26)27(22)15-17-8-2-1-3-9-17/h1-5,8-11,21-22,25,28H,6-7,12-16H2/t21-,22+/m0/s1. The molecule has 3 aromatic rings. The number of likely N-dealkylation sites (tertiary alicyclic amines) is 1. The number of carbonyl (C=O) groups excluding carboxylic acids is 1. The van der Waals surface area contributed by atoms with Crippen molar-refractivity contribution in [2.24, 2.45) is 0 Å². The largest absolute Gasteiger partial charge is 0.394 e. The minimum absolute atomic E-state index is 0.0174. The van der Waals surface area contributed by atoms with Gasteiger partial charge in [0.1, 0.15) is 0 Å². The summed E-state index contributed by atoms with van der Waals surface area (Å²) >= 11 is 0. The molecule has 2 aliphatic rings. The molecule has 5 nitrogen and oxygen atoms in total. The van der Waals surface area contributed by atoms with E-state index >= 15 is 0 Å². The van der Waals surface area contributed by atoms with Crippen molar-refractivity contribution in [2.75, 3.05) is 19.7 Å². The highest BCUT2D eigenvalue weighted by Gasteiger charge is 2.41. The van der Waals surface area contributed by atoms with Crippen LogP contribution in [0.2, 0.25) is 0 Å². The van der Waals surface area contributed by atoms with Crippen molar-refractivity contribution in [3.63, 3.8) is 0 Å². The maximum absolute atomic E-state index is 13.5. The third-order valence-corrected chi connectivity index (χ3v) is 6.46. The number of hydrogen-bond acceptors (Lipinski definition) is 3. The summed E-state index contributed by atoms with van der Waals surface area (Å²) < 4.78 is 0. The number of carbonyl (C=O) groups is 1. The Bertz CT molecular complexity index is 1010. The first-order valence-corrected chi connectivity index (χ1v) is 10.5. The van der Waals surface area contributed by atoms with Gasteiger partial charge in [-0.05, 0) is 36.5 Å². The molecule has 1 aromatic heterocycles. The van der Waals surface area contributed by atoms with Gasteiger partial charge in [0.15, 0.2) is 0 Å². The molecule has 150 valence electrons. The first-order chi connectivity index (χ1) is 14.3. The molecule has 2 N–H and O–H groups in total. The van der Waals surface area contributed by atoms with Gasteiger partial charge < -0.3 is 15.0 Å². The first kappa shape index (κ1) is 18.4. The Balaban J connectivity index is 1.58. The van der Waals surface area contributed by atoms with Crippen molar-refractivity contribution in [1.29, 1.82) is 0 Å². The second-order valence-electron chi connectivity index (χ2n) is 8.17. The normalized spacial score (nSPS) is 22.2. The van der Waals surface area contributed by atoms with Crippen LogP contribution in [-0.2, 0) is 17.8 Å². The fraction of sp³-hybridized carbons (Fsp3) is 0.375. The molecule has 1 saturated heterocycles. The molecule has 29 heavy (non-hydrogen) atoms. The van der Waals surface area contributed by atoms with Gasteiger partial charge in [-0.25, -0.2) is 0 Å². The maximum Gasteiger partial charge on any atom is 0.240 e. The first-order valence-electron chi connectivity index (χ1n) is 10.5. The summed E-state index contributed by atoms with van der Waals surface area (Å²) in [6, 6.07) is 18.0. The molecular formula is C24H27N3O2. The fourth-order valence-electron chi connectivity index (χ4n) is 5.01. The molecule has 0 radical (unpaired) electrons. The highest BCUT2D eigenvalue weighted by molar-refractivity contribution is 5.88. The van der Waals surface area contributed by atoms with E-state index in [-0.39, 0.29) is 24.6 Å². The van der Waals surface area contributed by atoms with Gasteiger partial charge in [0.2, 0.25) is 5.91 Å². The van der Waals surface area contributed by atoms with Crippen LogP contribution in [0.1, 0.15) is 35.7 Å². The minimum Gasteiger partial charge on any atom is -0.394 e. The molecule has 0 bridgehead atoms. The monoisotopic (exact) mass is 389 g/mol. The number of H-pyrrole nitrogens is 1. The molecule has 1 amide bonds. The number of amides is 1. The molecule has 3 heterocycles. The molecule has 0 unspecified atom stereocenters. The molecule has 1 fully saturated rings. The summed E-state index contributed by atoms with van der Waals surface area (Å²) in [6.45, 7) is 2.32. The SMILES string of the molecule is O=C([C@@H]1Cc2c([nH]c3ccccc23)[C@@H](CO)N1Cc1ccccc1)N1CCCC1. The predicted octanol–water partition coefficient (Wildman–Crippen LogP) is 3.25. The Labute approximate surface area is 170 Å². The van der Waals surface area contributed by atoms with Crippen molar-refractivity contribution in [3.8, 4) is 0 Å². The number of fused-ring (bicyclic) bond motifs is 3. The van der Waals surface area contributed by atoms with Crippen molar-refractivity contribution in [2.45, 2.75) is 37.9 Å². The van der Waals surface area contributed by atoms with Gasteiger partial charge in [-0.3, -0.25) is 9.69 Å². The van der Waals surface area contributed by atoms with E-state index in [0.717, 1.165) is 42.7 Å². The lowest BCUT2D eigenvalue weighted by Crippen LogP contribution is -2.53. The average Bonchev–Trinajstić information content (AvgIpc) is 3.42. The molecule has 5 rings (SSSR count). The Morgan fingerprint density at radius 3 is 2.52 bits per heavy atom. The maximum atomic E-state index is 13.5. The zero-order valence-electron chi connectivity index (χ0n) is 16.6. The Hall–Kier alpha value is -2.63. The number of aromatic nitrogens is 1. The summed E-state index contributed by atoms with van der Waals surface area (Å²) in [7, 11) is 0. The number of para-hydroxylation sites is 1. The number of aliphatic hydroxyl groups is 1. The van der Waals surface area contributed by atoms with E-state index in [1.807, 2.05) is 35.2 Å². The predicted molar refractivity (Wildman–Crippen MR) is 113 cm³/mol. The van der Waals surface area contributed by atoms with Crippen LogP contribution in [-0.4, -0.2) is 51.5 Å². The minimum atomic E-state index is -0.253. The lowest BCUT2D eigenvalue weighted by Gasteiger charge is -2.42. The fourth-order valence-corrected chi connectivity index (χ4v) is 5.01. The third kappa shape index (κ3) is 3.24. The van der Waals surface area contributed by atoms with E-state index in [1.165, 1.54) is 10.9 Å². The molecule has 2 aliphatic heterocycles. The summed E-state index contributed by atoms with van der Waals surface area (Å²) in [5.74, 6) is 0.202. The van der Waals surface area contributed by atoms with Gasteiger partial charge >= 0.3 is 0 Å². The number of nitrogens with one attached hydrogen (secondary N) is 1. The number of rotatable bonds is 4. The van der Waals surface area contributed by atoms with Crippen LogP contribution in [0.25, 0.3) is 10.9 Å². The summed E-state index contributed by atoms with van der Waals surface area (Å²) in [5.41, 5.74) is 4.46. The van der Waals surface area contributed by atoms with Gasteiger partial charge in [0.25, 0.3) is 0 Å². The molecule has 0 saturated carbocycles. The Morgan fingerprint density at radius 2 is 1.76 bits per heavy atom. The molecule has 2 aromatic carbocycles. The van der Waals surface area contributed by atoms with Gasteiger partial charge in [-0.1, -0.05) is 48.5 Å². The van der Waals surface area contributed by atoms with E-state index in [2.05, 4.69) is 34.1 Å². The lowest BCUT2D eigenvalue weighted by molar-refractivity contribution is -0.138. The van der Waals surface area contributed by atoms with Crippen LogP contribution in [0.4, 0.5) is 0 Å². The van der Waals surface area contributed by atoms with Crippen LogP contribution in [0, 0.1) is 0 Å². The van der Waals surface area contributed by atoms with Crippen molar-refractivity contribution in [3.05, 3.63) is 71.4 Å². The lowest BCUT2D eigenvalue weighted by atomic mass is 9.90. The second-order valence-corrected chi connectivity index (χ2v) is 8.17. The van der Waals surface area contributed by atoms with E-state index < -0.39 is 0 Å². The Kier molecular flexibility index (Phi) is 4.86. The molecular weight excluding hydrogens is 362 g/mol. The van der Waals surface area contributed by atoms with Gasteiger partial charge in [-0.15, -0.1) is 0 Å². The van der Waals surface area contributed by atoms with E-state index in [0.29, 0.717) is 13.0 Å². The number of aromatic amines is 1. The molecule has 0 spiro atoms. The molecule has 0 aliphatic carbocycles. The highest BCUT2D eigenvalue weighted by Crippen LogP contribution is 2.38. The smallest absolute Gasteiger partial charge is 0.240 e. The summed E-state index contributed by atoms with van der Waals surface area (Å²) in [6.07, 6.45) is 2.84. The van der Waals surface area contributed by atoms with Gasteiger partial charge in [0, 0.05) is 36.2 Å². The third-order valence-electron chi connectivity index (χ3n) is 6.46. The van der Waals surface area contributed by atoms with Crippen LogP contribution in [0.5, 0.6) is 0 Å². The summed E-state index contributed by atoms with van der Waals surface area (Å²) in [5, 5.41) is 11.6. The second kappa shape index (κ2) is 7.65. The van der Waals surface area contributed by atoms with E-state index in [4.69, 9.17) is 0 Å². The summed E-state index contributed by atoms with van der Waals surface area (Å²) in [4.78, 5) is 21.3. The van der Waals surface area contributed by atoms with E-state index in [1.54, 1.807) is 0 Å². The Morgan fingerprint density at radius 1 is 1.03 bits per heavy atom. The van der Waals surface area contributed by atoms with Gasteiger partial charge in [-0.2, -0.15) is 0 Å². The number of nitrogens with zero attached hydrogens (tertiary/aromatic N) is 2. The molecule has 2 atom stereocenters. The van der Waals surface area contributed by atoms with E-state index in [9.17, 15) is 9.90 Å². The number of aliphatic hydroxyl groups excluding tert-OH is 1. The number of benzene rings is 2. The van der Waals surface area contributed by atoms with Gasteiger partial charge in [0.05, 0.1) is 18.7 Å². The highest BCUT2D eigenvalue weighted by atomic mass is 16.3. The van der Waals surface area contributed by atoms with Crippen molar-refractivity contribution < 1.29 is 9.90 Å². The van der Waals surface area contributed by atoms with Crippen LogP contribution < -0.4 is 0 Å². The van der Waals surface area contributed by atoms with Crippen LogP contribution in [0.15, 0.2) is 54.6 Å². The van der Waals surface area contributed by atoms with Crippen molar-refractivity contribution >= 4 is 16.8 Å². The zero-order valence-corrected chi connectivity index (χ0v) is 16.6. The quantitative estimate of drug-likeness (QED) is 0.720.